The Morgan fingerprint density at radius 1 is 1.22 bits per heavy atom. The van der Waals surface area contributed by atoms with Crippen molar-refractivity contribution in [2.75, 3.05) is 51.3 Å². The lowest BCUT2D eigenvalue weighted by Crippen LogP contribution is -2.42. The molecule has 1 aromatic rings. The predicted molar refractivity (Wildman–Crippen MR) is 118 cm³/mol. The number of benzene rings is 1. The monoisotopic (exact) mass is 488 g/mol. The SMILES string of the molecule is CN=C(NCc1ccc(N2CCOCC2)c(F)c1)N1CCC2(CCC2)C1.I. The number of halogens is 2. The molecule has 0 unspecified atom stereocenters. The van der Waals surface area contributed by atoms with Gasteiger partial charge in [-0.25, -0.2) is 4.39 Å². The Kier molecular flexibility index (Phi) is 6.83. The van der Waals surface area contributed by atoms with Gasteiger partial charge in [0.2, 0.25) is 0 Å². The van der Waals surface area contributed by atoms with Crippen LogP contribution in [0.15, 0.2) is 23.2 Å². The summed E-state index contributed by atoms with van der Waals surface area (Å²) < 4.78 is 19.9. The second-order valence-electron chi connectivity index (χ2n) is 7.81. The second-order valence-corrected chi connectivity index (χ2v) is 7.81. The molecule has 1 aliphatic carbocycles. The third-order valence-electron chi connectivity index (χ3n) is 6.18. The fraction of sp³-hybridized carbons (Fsp3) is 0.650. The lowest BCUT2D eigenvalue weighted by molar-refractivity contribution is 0.122. The van der Waals surface area contributed by atoms with Crippen molar-refractivity contribution >= 4 is 35.6 Å². The minimum Gasteiger partial charge on any atom is -0.378 e. The first-order valence-electron chi connectivity index (χ1n) is 9.76. The maximum Gasteiger partial charge on any atom is 0.193 e. The van der Waals surface area contributed by atoms with Gasteiger partial charge in [-0.05, 0) is 42.4 Å². The van der Waals surface area contributed by atoms with E-state index >= 15 is 0 Å². The van der Waals surface area contributed by atoms with Crippen molar-refractivity contribution in [2.24, 2.45) is 10.4 Å². The molecular weight excluding hydrogens is 458 g/mol. The number of nitrogens with one attached hydrogen (secondary N) is 1. The average molecular weight is 488 g/mol. The summed E-state index contributed by atoms with van der Waals surface area (Å²) in [5.74, 6) is 0.780. The van der Waals surface area contributed by atoms with Gasteiger partial charge in [0.25, 0.3) is 0 Å². The molecule has 4 rings (SSSR count). The van der Waals surface area contributed by atoms with Gasteiger partial charge in [-0.15, -0.1) is 24.0 Å². The van der Waals surface area contributed by atoms with Gasteiger partial charge in [-0.3, -0.25) is 4.99 Å². The molecule has 1 aromatic carbocycles. The van der Waals surface area contributed by atoms with Crippen molar-refractivity contribution in [3.05, 3.63) is 29.6 Å². The Hall–Kier alpha value is -1.09. The molecule has 0 amide bonds. The molecule has 0 atom stereocenters. The highest BCUT2D eigenvalue weighted by Crippen LogP contribution is 2.47. The van der Waals surface area contributed by atoms with Crippen LogP contribution in [0.3, 0.4) is 0 Å². The predicted octanol–water partition coefficient (Wildman–Crippen LogP) is 3.23. The molecule has 7 heteroatoms. The largest absolute Gasteiger partial charge is 0.378 e. The van der Waals surface area contributed by atoms with Gasteiger partial charge in [0, 0.05) is 39.8 Å². The molecule has 0 bridgehead atoms. The zero-order chi connectivity index (χ0) is 18.0. The first kappa shape index (κ1) is 20.6. The highest BCUT2D eigenvalue weighted by molar-refractivity contribution is 14.0. The molecule has 27 heavy (non-hydrogen) atoms. The molecule has 0 radical (unpaired) electrons. The van der Waals surface area contributed by atoms with Crippen LogP contribution in [-0.4, -0.2) is 57.3 Å². The number of morpholine rings is 1. The van der Waals surface area contributed by atoms with E-state index in [1.807, 2.05) is 19.2 Å². The van der Waals surface area contributed by atoms with Crippen LogP contribution in [0.5, 0.6) is 0 Å². The molecule has 0 aromatic heterocycles. The minimum absolute atomic E-state index is 0. The summed E-state index contributed by atoms with van der Waals surface area (Å²) in [6.07, 6.45) is 5.36. The van der Waals surface area contributed by atoms with Gasteiger partial charge in [0.15, 0.2) is 5.96 Å². The van der Waals surface area contributed by atoms with Gasteiger partial charge >= 0.3 is 0 Å². The molecule has 2 heterocycles. The van der Waals surface area contributed by atoms with Crippen LogP contribution in [0.1, 0.15) is 31.2 Å². The Labute approximate surface area is 178 Å². The molecule has 150 valence electrons. The lowest BCUT2D eigenvalue weighted by atomic mass is 9.68. The summed E-state index contributed by atoms with van der Waals surface area (Å²) in [4.78, 5) is 8.85. The number of anilines is 1. The summed E-state index contributed by atoms with van der Waals surface area (Å²) in [5, 5.41) is 3.42. The number of ether oxygens (including phenoxy) is 1. The molecule has 1 spiro atoms. The van der Waals surface area contributed by atoms with Gasteiger partial charge in [0.05, 0.1) is 18.9 Å². The molecule has 1 N–H and O–H groups in total. The molecule has 2 aliphatic heterocycles. The Balaban J connectivity index is 0.00000210. The van der Waals surface area contributed by atoms with E-state index in [2.05, 4.69) is 20.1 Å². The van der Waals surface area contributed by atoms with Crippen LogP contribution in [0.4, 0.5) is 10.1 Å². The van der Waals surface area contributed by atoms with Crippen LogP contribution in [0, 0.1) is 11.2 Å². The van der Waals surface area contributed by atoms with Crippen molar-refractivity contribution in [2.45, 2.75) is 32.2 Å². The van der Waals surface area contributed by atoms with Crippen LogP contribution < -0.4 is 10.2 Å². The summed E-state index contributed by atoms with van der Waals surface area (Å²) >= 11 is 0. The van der Waals surface area contributed by atoms with Crippen molar-refractivity contribution in [1.29, 1.82) is 0 Å². The fourth-order valence-electron chi connectivity index (χ4n) is 4.44. The number of guanidine groups is 1. The zero-order valence-corrected chi connectivity index (χ0v) is 18.4. The normalized spacial score (nSPS) is 21.8. The third kappa shape index (κ3) is 4.50. The Bertz CT molecular complexity index is 674. The summed E-state index contributed by atoms with van der Waals surface area (Å²) in [7, 11) is 1.83. The van der Waals surface area contributed by atoms with Crippen molar-refractivity contribution in [1.82, 2.24) is 10.2 Å². The standard InChI is InChI=1S/C20H29FN4O.HI/c1-22-19(25-8-7-20(15-25)5-2-6-20)23-14-16-3-4-18(17(21)13-16)24-9-11-26-12-10-24;/h3-4,13H,2,5-12,14-15H2,1H3,(H,22,23);1H. The van der Waals surface area contributed by atoms with E-state index in [1.54, 1.807) is 6.07 Å². The number of hydrogen-bond acceptors (Lipinski definition) is 3. The Morgan fingerprint density at radius 2 is 2.00 bits per heavy atom. The quantitative estimate of drug-likeness (QED) is 0.403. The third-order valence-corrected chi connectivity index (χ3v) is 6.18. The maximum atomic E-state index is 14.5. The lowest BCUT2D eigenvalue weighted by Gasteiger charge is -2.38. The smallest absolute Gasteiger partial charge is 0.193 e. The van der Waals surface area contributed by atoms with E-state index in [4.69, 9.17) is 4.74 Å². The van der Waals surface area contributed by atoms with E-state index in [-0.39, 0.29) is 29.8 Å². The summed E-state index contributed by atoms with van der Waals surface area (Å²) in [6.45, 7) is 5.60. The van der Waals surface area contributed by atoms with Gasteiger partial charge in [-0.2, -0.15) is 0 Å². The van der Waals surface area contributed by atoms with E-state index in [0.29, 0.717) is 30.9 Å². The maximum absolute atomic E-state index is 14.5. The van der Waals surface area contributed by atoms with Crippen LogP contribution in [0.2, 0.25) is 0 Å². The highest BCUT2D eigenvalue weighted by atomic mass is 127. The molecule has 3 aliphatic rings. The topological polar surface area (TPSA) is 40.1 Å². The van der Waals surface area contributed by atoms with Crippen molar-refractivity contribution in [3.8, 4) is 0 Å². The van der Waals surface area contributed by atoms with Gasteiger partial charge < -0.3 is 19.9 Å². The number of nitrogens with zero attached hydrogens (tertiary/aromatic N) is 3. The van der Waals surface area contributed by atoms with Crippen LogP contribution in [0.25, 0.3) is 0 Å². The minimum atomic E-state index is -0.157. The summed E-state index contributed by atoms with van der Waals surface area (Å²) in [5.41, 5.74) is 2.16. The van der Waals surface area contributed by atoms with Crippen molar-refractivity contribution < 1.29 is 9.13 Å². The molecular formula is C20H30FIN4O. The molecule has 5 nitrogen and oxygen atoms in total. The number of hydrogen-bond donors (Lipinski definition) is 1. The number of rotatable bonds is 3. The first-order chi connectivity index (χ1) is 12.7. The Morgan fingerprint density at radius 3 is 2.59 bits per heavy atom. The van der Waals surface area contributed by atoms with Crippen LogP contribution >= 0.6 is 24.0 Å². The first-order valence-corrected chi connectivity index (χ1v) is 9.76. The molecule has 1 saturated carbocycles. The van der Waals surface area contributed by atoms with E-state index in [0.717, 1.165) is 37.7 Å². The zero-order valence-electron chi connectivity index (χ0n) is 16.0. The molecule has 2 saturated heterocycles. The summed E-state index contributed by atoms with van der Waals surface area (Å²) in [6, 6.07) is 5.54. The van der Waals surface area contributed by atoms with Crippen molar-refractivity contribution in [3.63, 3.8) is 0 Å². The average Bonchev–Trinajstić information content (AvgIpc) is 3.09. The van der Waals surface area contributed by atoms with Gasteiger partial charge in [-0.1, -0.05) is 12.5 Å². The fourth-order valence-corrected chi connectivity index (χ4v) is 4.44. The van der Waals surface area contributed by atoms with E-state index < -0.39 is 0 Å². The molecule has 3 fully saturated rings. The van der Waals surface area contributed by atoms with E-state index in [1.165, 1.54) is 25.7 Å². The van der Waals surface area contributed by atoms with E-state index in [9.17, 15) is 4.39 Å². The number of aliphatic imine (C=N–C) groups is 1. The van der Waals surface area contributed by atoms with Gasteiger partial charge in [0.1, 0.15) is 5.82 Å². The number of likely N-dealkylation sites (tertiary alicyclic amines) is 1. The van der Waals surface area contributed by atoms with Crippen LogP contribution in [-0.2, 0) is 11.3 Å². The highest BCUT2D eigenvalue weighted by Gasteiger charge is 2.43. The second kappa shape index (κ2) is 8.94.